The molecule has 0 N–H and O–H groups in total. The van der Waals surface area contributed by atoms with Gasteiger partial charge < -0.3 is 9.32 Å². The maximum Gasteiger partial charge on any atom is 0.136 e. The second-order valence-electron chi connectivity index (χ2n) is 15.0. The molecule has 1 aromatic heterocycles. The van der Waals surface area contributed by atoms with Crippen LogP contribution >= 0.6 is 0 Å². The van der Waals surface area contributed by atoms with Gasteiger partial charge in [-0.2, -0.15) is 0 Å². The summed E-state index contributed by atoms with van der Waals surface area (Å²) in [6, 6.07) is 80.8. The maximum atomic E-state index is 6.40. The largest absolute Gasteiger partial charge is 0.456 e. The van der Waals surface area contributed by atoms with Gasteiger partial charge in [-0.3, -0.25) is 0 Å². The summed E-state index contributed by atoms with van der Waals surface area (Å²) >= 11 is 0. The number of anilines is 3. The Balaban J connectivity index is 1.01. The van der Waals surface area contributed by atoms with Gasteiger partial charge in [0.2, 0.25) is 0 Å². The molecule has 2 nitrogen and oxygen atoms in total. The van der Waals surface area contributed by atoms with Gasteiger partial charge in [0.15, 0.2) is 0 Å². The Hall–Kier alpha value is -7.68. The number of hydrogen-bond donors (Lipinski definition) is 0. The predicted molar refractivity (Wildman–Crippen MR) is 245 cm³/mol. The molecule has 272 valence electrons. The lowest BCUT2D eigenvalue weighted by Gasteiger charge is -2.28. The van der Waals surface area contributed by atoms with Crippen LogP contribution in [0.5, 0.6) is 0 Å². The molecule has 0 spiro atoms. The number of fused-ring (bicyclic) bond motifs is 5. The lowest BCUT2D eigenvalue weighted by Crippen LogP contribution is -2.11. The van der Waals surface area contributed by atoms with E-state index in [2.05, 4.69) is 229 Å². The Morgan fingerprint density at radius 3 is 1.52 bits per heavy atom. The van der Waals surface area contributed by atoms with Gasteiger partial charge in [0, 0.05) is 27.7 Å². The van der Waals surface area contributed by atoms with Crippen LogP contribution in [0.1, 0.15) is 0 Å². The Morgan fingerprint density at radius 2 is 0.776 bits per heavy atom. The highest BCUT2D eigenvalue weighted by atomic mass is 16.3. The molecule has 0 aliphatic rings. The van der Waals surface area contributed by atoms with E-state index in [-0.39, 0.29) is 0 Å². The van der Waals surface area contributed by atoms with Crippen LogP contribution in [0.15, 0.2) is 229 Å². The molecule has 0 unspecified atom stereocenters. The molecule has 10 aromatic carbocycles. The van der Waals surface area contributed by atoms with Crippen molar-refractivity contribution < 1.29 is 4.42 Å². The van der Waals surface area contributed by atoms with Crippen LogP contribution in [0.2, 0.25) is 0 Å². The average molecular weight is 740 g/mol. The van der Waals surface area contributed by atoms with E-state index in [4.69, 9.17) is 4.42 Å². The van der Waals surface area contributed by atoms with E-state index in [1.807, 2.05) is 0 Å². The van der Waals surface area contributed by atoms with Gasteiger partial charge in [0.05, 0.1) is 5.69 Å². The van der Waals surface area contributed by atoms with E-state index in [0.29, 0.717) is 0 Å². The second-order valence-corrected chi connectivity index (χ2v) is 15.0. The molecule has 0 amide bonds. The second kappa shape index (κ2) is 14.1. The van der Waals surface area contributed by atoms with Crippen molar-refractivity contribution in [3.05, 3.63) is 224 Å². The van der Waals surface area contributed by atoms with Crippen molar-refractivity contribution in [3.63, 3.8) is 0 Å². The third kappa shape index (κ3) is 6.09. The number of rotatable bonds is 7. The molecule has 11 aromatic rings. The summed E-state index contributed by atoms with van der Waals surface area (Å²) in [6.45, 7) is 0. The van der Waals surface area contributed by atoms with E-state index >= 15 is 0 Å². The van der Waals surface area contributed by atoms with Gasteiger partial charge in [0.25, 0.3) is 0 Å². The summed E-state index contributed by atoms with van der Waals surface area (Å²) in [5.74, 6) is 0. The van der Waals surface area contributed by atoms with Crippen molar-refractivity contribution in [2.24, 2.45) is 0 Å². The lowest BCUT2D eigenvalue weighted by atomic mass is 9.97. The van der Waals surface area contributed by atoms with E-state index in [1.54, 1.807) is 0 Å². The Labute approximate surface area is 337 Å². The molecule has 0 saturated carbocycles. The topological polar surface area (TPSA) is 16.4 Å². The number of hydrogen-bond acceptors (Lipinski definition) is 2. The first-order valence-electron chi connectivity index (χ1n) is 19.8. The van der Waals surface area contributed by atoms with Gasteiger partial charge in [0.1, 0.15) is 11.2 Å². The zero-order chi connectivity index (χ0) is 38.4. The molecule has 0 atom stereocenters. The first-order chi connectivity index (χ1) is 28.7. The average Bonchev–Trinajstić information content (AvgIpc) is 3.65. The molecule has 1 heterocycles. The molecule has 0 radical (unpaired) electrons. The van der Waals surface area contributed by atoms with E-state index in [0.717, 1.165) is 50.1 Å². The van der Waals surface area contributed by atoms with Crippen molar-refractivity contribution in [3.8, 4) is 44.5 Å². The fraction of sp³-hybridized carbons (Fsp3) is 0. The molecule has 11 rings (SSSR count). The van der Waals surface area contributed by atoms with Crippen molar-refractivity contribution in [2.75, 3.05) is 4.90 Å². The molecule has 0 aliphatic heterocycles. The zero-order valence-corrected chi connectivity index (χ0v) is 31.7. The zero-order valence-electron chi connectivity index (χ0n) is 31.7. The molecular formula is C56H37NO. The van der Waals surface area contributed by atoms with E-state index < -0.39 is 0 Å². The third-order valence-corrected chi connectivity index (χ3v) is 11.4. The summed E-state index contributed by atoms with van der Waals surface area (Å²) < 4.78 is 6.40. The van der Waals surface area contributed by atoms with Crippen LogP contribution in [0.3, 0.4) is 0 Å². The normalized spacial score (nSPS) is 11.4. The van der Waals surface area contributed by atoms with Gasteiger partial charge in [-0.25, -0.2) is 0 Å². The van der Waals surface area contributed by atoms with Crippen LogP contribution in [-0.4, -0.2) is 0 Å². The molecule has 0 saturated heterocycles. The Bertz CT molecular complexity index is 3270. The van der Waals surface area contributed by atoms with Crippen molar-refractivity contribution in [1.82, 2.24) is 0 Å². The minimum atomic E-state index is 0.889. The quantitative estimate of drug-likeness (QED) is 0.162. The summed E-state index contributed by atoms with van der Waals surface area (Å²) in [5, 5.41) is 7.13. The minimum absolute atomic E-state index is 0.889. The van der Waals surface area contributed by atoms with Crippen LogP contribution in [0.4, 0.5) is 17.1 Å². The first kappa shape index (κ1) is 33.6. The van der Waals surface area contributed by atoms with Gasteiger partial charge in [-0.1, -0.05) is 158 Å². The molecular weight excluding hydrogens is 703 g/mol. The third-order valence-electron chi connectivity index (χ3n) is 11.4. The highest BCUT2D eigenvalue weighted by Crippen LogP contribution is 2.43. The lowest BCUT2D eigenvalue weighted by molar-refractivity contribution is 0.669. The number of nitrogens with zero attached hydrogens (tertiary/aromatic N) is 1. The maximum absolute atomic E-state index is 6.40. The van der Waals surface area contributed by atoms with Crippen molar-refractivity contribution in [1.29, 1.82) is 0 Å². The van der Waals surface area contributed by atoms with E-state index in [9.17, 15) is 0 Å². The van der Waals surface area contributed by atoms with Gasteiger partial charge in [-0.15, -0.1) is 0 Å². The fourth-order valence-electron chi connectivity index (χ4n) is 8.45. The van der Waals surface area contributed by atoms with Crippen LogP contribution in [0.25, 0.3) is 88.0 Å². The van der Waals surface area contributed by atoms with Gasteiger partial charge >= 0.3 is 0 Å². The Kier molecular flexibility index (Phi) is 8.19. The van der Waals surface area contributed by atoms with Crippen molar-refractivity contribution >= 4 is 60.5 Å². The standard InChI is InChI=1S/C56H37NO/c1-2-11-38(12-3-1)40-23-28-49(29-24-40)57(50-30-25-41(26-31-50)43-17-10-18-44(33-43)47-22-21-39-13-4-5-14-42(39)34-47)54-20-9-8-19-51(54)48-27-32-55-52(36-48)53-35-45-15-6-7-16-46(45)37-56(53)58-55/h1-37H. The monoisotopic (exact) mass is 739 g/mol. The highest BCUT2D eigenvalue weighted by Gasteiger charge is 2.19. The van der Waals surface area contributed by atoms with Gasteiger partial charge in [-0.05, 0) is 127 Å². The number of furan rings is 1. The number of para-hydroxylation sites is 1. The summed E-state index contributed by atoms with van der Waals surface area (Å²) in [6.07, 6.45) is 0. The number of benzene rings is 10. The Morgan fingerprint density at radius 1 is 0.276 bits per heavy atom. The molecule has 0 fully saturated rings. The molecule has 0 bridgehead atoms. The molecule has 58 heavy (non-hydrogen) atoms. The smallest absolute Gasteiger partial charge is 0.136 e. The van der Waals surface area contributed by atoms with E-state index in [1.165, 1.54) is 54.9 Å². The summed E-state index contributed by atoms with van der Waals surface area (Å²) in [7, 11) is 0. The summed E-state index contributed by atoms with van der Waals surface area (Å²) in [5.41, 5.74) is 14.5. The SMILES string of the molecule is c1ccc(-c2ccc(N(c3ccc(-c4cccc(-c5ccc6ccccc6c5)c4)cc3)c3ccccc3-c3ccc4oc5cc6ccccc6cc5c4c3)cc2)cc1. The fourth-order valence-corrected chi connectivity index (χ4v) is 8.45. The molecule has 0 aliphatic carbocycles. The molecule has 2 heteroatoms. The first-order valence-corrected chi connectivity index (χ1v) is 19.8. The summed E-state index contributed by atoms with van der Waals surface area (Å²) in [4.78, 5) is 2.38. The minimum Gasteiger partial charge on any atom is -0.456 e. The van der Waals surface area contributed by atoms with Crippen LogP contribution in [-0.2, 0) is 0 Å². The predicted octanol–water partition coefficient (Wildman–Crippen LogP) is 16.0. The van der Waals surface area contributed by atoms with Crippen LogP contribution < -0.4 is 4.90 Å². The van der Waals surface area contributed by atoms with Crippen molar-refractivity contribution in [2.45, 2.75) is 0 Å². The highest BCUT2D eigenvalue weighted by molar-refractivity contribution is 6.11. The van der Waals surface area contributed by atoms with Crippen LogP contribution in [0, 0.1) is 0 Å².